The average Bonchev–Trinajstić information content (AvgIpc) is 2.43. The first-order valence-corrected chi connectivity index (χ1v) is 7.39. The molecule has 0 saturated heterocycles. The van der Waals surface area contributed by atoms with Crippen LogP contribution < -0.4 is 0 Å². The van der Waals surface area contributed by atoms with Gasteiger partial charge in [0.05, 0.1) is 0 Å². The van der Waals surface area contributed by atoms with E-state index in [1.54, 1.807) is 0 Å². The highest BCUT2D eigenvalue weighted by molar-refractivity contribution is 6.18. The zero-order valence-electron chi connectivity index (χ0n) is 11.7. The van der Waals surface area contributed by atoms with Crippen LogP contribution in [-0.4, -0.2) is 5.88 Å². The van der Waals surface area contributed by atoms with Crippen molar-refractivity contribution in [1.82, 2.24) is 0 Å². The quantitative estimate of drug-likeness (QED) is 0.676. The molecule has 19 heavy (non-hydrogen) atoms. The van der Waals surface area contributed by atoms with Crippen LogP contribution in [0.5, 0.6) is 0 Å². The molecule has 100 valence electrons. The molecule has 0 fully saturated rings. The molecule has 0 aromatic heterocycles. The minimum atomic E-state index is 0.504. The van der Waals surface area contributed by atoms with E-state index >= 15 is 0 Å². The first-order valence-electron chi connectivity index (χ1n) is 6.85. The van der Waals surface area contributed by atoms with Crippen molar-refractivity contribution in [2.24, 2.45) is 5.92 Å². The van der Waals surface area contributed by atoms with Crippen molar-refractivity contribution in [2.75, 3.05) is 5.88 Å². The number of hydrogen-bond acceptors (Lipinski definition) is 0. The van der Waals surface area contributed by atoms with Crippen LogP contribution >= 0.6 is 11.6 Å². The molecule has 1 unspecified atom stereocenters. The van der Waals surface area contributed by atoms with Crippen molar-refractivity contribution >= 4 is 11.6 Å². The van der Waals surface area contributed by atoms with E-state index < -0.39 is 0 Å². The Balaban J connectivity index is 2.11. The molecule has 0 nitrogen and oxygen atoms in total. The van der Waals surface area contributed by atoms with Crippen molar-refractivity contribution in [2.45, 2.75) is 26.7 Å². The van der Waals surface area contributed by atoms with Crippen molar-refractivity contribution in [3.05, 3.63) is 70.8 Å². The second kappa shape index (κ2) is 6.77. The van der Waals surface area contributed by atoms with Gasteiger partial charge in [0.25, 0.3) is 0 Å². The molecule has 0 N–H and O–H groups in total. The third kappa shape index (κ3) is 3.84. The fourth-order valence-corrected chi connectivity index (χ4v) is 2.81. The summed E-state index contributed by atoms with van der Waals surface area (Å²) in [5.41, 5.74) is 5.59. The molecule has 0 spiro atoms. The Kier molecular flexibility index (Phi) is 5.04. The summed E-state index contributed by atoms with van der Waals surface area (Å²) in [6, 6.07) is 17.1. The fourth-order valence-electron chi connectivity index (χ4n) is 2.59. The monoisotopic (exact) mass is 272 g/mol. The number of benzene rings is 2. The molecule has 2 aromatic rings. The standard InChI is InChI=1S/C18H21Cl/c1-14-7-6-8-15(2)18(14)12-17(13-19)11-16-9-4-3-5-10-16/h3-10,17H,11-13H2,1-2H3. The largest absolute Gasteiger partial charge is 0.126 e. The molecule has 0 heterocycles. The highest BCUT2D eigenvalue weighted by atomic mass is 35.5. The molecular formula is C18H21Cl. The van der Waals surface area contributed by atoms with Crippen LogP contribution in [0.15, 0.2) is 48.5 Å². The van der Waals surface area contributed by atoms with E-state index in [1.807, 2.05) is 0 Å². The van der Waals surface area contributed by atoms with Crippen LogP contribution in [0.2, 0.25) is 0 Å². The van der Waals surface area contributed by atoms with Gasteiger partial charge >= 0.3 is 0 Å². The van der Waals surface area contributed by atoms with Gasteiger partial charge in [-0.25, -0.2) is 0 Å². The molecular weight excluding hydrogens is 252 g/mol. The normalized spacial score (nSPS) is 12.4. The minimum absolute atomic E-state index is 0.504. The summed E-state index contributed by atoms with van der Waals surface area (Å²) in [4.78, 5) is 0. The molecule has 0 aliphatic heterocycles. The maximum Gasteiger partial charge on any atom is 0.0258 e. The van der Waals surface area contributed by atoms with Gasteiger partial charge in [-0.2, -0.15) is 0 Å². The summed E-state index contributed by atoms with van der Waals surface area (Å²) >= 11 is 6.17. The van der Waals surface area contributed by atoms with Gasteiger partial charge in [0.15, 0.2) is 0 Å². The molecule has 0 bridgehead atoms. The van der Waals surface area contributed by atoms with Gasteiger partial charge in [0.1, 0.15) is 0 Å². The van der Waals surface area contributed by atoms with Gasteiger partial charge in [-0.05, 0) is 54.9 Å². The molecule has 0 radical (unpaired) electrons. The lowest BCUT2D eigenvalue weighted by molar-refractivity contribution is 0.580. The molecule has 1 atom stereocenters. The maximum atomic E-state index is 6.17. The van der Waals surface area contributed by atoms with E-state index in [2.05, 4.69) is 62.4 Å². The predicted molar refractivity (Wildman–Crippen MR) is 84.0 cm³/mol. The third-order valence-electron chi connectivity index (χ3n) is 3.72. The molecule has 0 saturated carbocycles. The Bertz CT molecular complexity index is 496. The number of aryl methyl sites for hydroxylation is 2. The molecule has 1 heteroatoms. The van der Waals surface area contributed by atoms with Gasteiger partial charge in [0.2, 0.25) is 0 Å². The lowest BCUT2D eigenvalue weighted by atomic mass is 9.90. The summed E-state index contributed by atoms with van der Waals surface area (Å²) in [5.74, 6) is 1.21. The average molecular weight is 273 g/mol. The highest BCUT2D eigenvalue weighted by Crippen LogP contribution is 2.21. The van der Waals surface area contributed by atoms with Crippen LogP contribution in [0, 0.1) is 19.8 Å². The zero-order valence-corrected chi connectivity index (χ0v) is 12.5. The Labute approximate surface area is 121 Å². The van der Waals surface area contributed by atoms with Crippen LogP contribution in [0.25, 0.3) is 0 Å². The van der Waals surface area contributed by atoms with Crippen molar-refractivity contribution in [3.8, 4) is 0 Å². The summed E-state index contributed by atoms with van der Waals surface area (Å²) < 4.78 is 0. The second-order valence-electron chi connectivity index (χ2n) is 5.28. The van der Waals surface area contributed by atoms with Crippen molar-refractivity contribution < 1.29 is 0 Å². The SMILES string of the molecule is Cc1cccc(C)c1CC(CCl)Cc1ccccc1. The minimum Gasteiger partial charge on any atom is -0.126 e. The first kappa shape index (κ1) is 14.1. The molecule has 0 aliphatic carbocycles. The number of halogens is 1. The van der Waals surface area contributed by atoms with E-state index in [0.29, 0.717) is 11.8 Å². The molecule has 2 aromatic carbocycles. The third-order valence-corrected chi connectivity index (χ3v) is 4.16. The summed E-state index contributed by atoms with van der Waals surface area (Å²) in [6.07, 6.45) is 2.12. The van der Waals surface area contributed by atoms with Gasteiger partial charge in [-0.15, -0.1) is 11.6 Å². The maximum absolute atomic E-state index is 6.17. The number of alkyl halides is 1. The lowest BCUT2D eigenvalue weighted by Crippen LogP contribution is -2.12. The Morgan fingerprint density at radius 3 is 2.05 bits per heavy atom. The topological polar surface area (TPSA) is 0 Å². The van der Waals surface area contributed by atoms with Crippen molar-refractivity contribution in [1.29, 1.82) is 0 Å². The van der Waals surface area contributed by atoms with Gasteiger partial charge in [0, 0.05) is 5.88 Å². The Hall–Kier alpha value is -1.27. The second-order valence-corrected chi connectivity index (χ2v) is 5.59. The van der Waals surface area contributed by atoms with Crippen LogP contribution in [0.4, 0.5) is 0 Å². The molecule has 2 rings (SSSR count). The van der Waals surface area contributed by atoms with E-state index in [0.717, 1.165) is 12.8 Å². The summed E-state index contributed by atoms with van der Waals surface area (Å²) in [6.45, 7) is 4.38. The highest BCUT2D eigenvalue weighted by Gasteiger charge is 2.12. The first-order chi connectivity index (χ1) is 9.20. The Morgan fingerprint density at radius 1 is 0.842 bits per heavy atom. The zero-order chi connectivity index (χ0) is 13.7. The van der Waals surface area contributed by atoms with Crippen molar-refractivity contribution in [3.63, 3.8) is 0 Å². The van der Waals surface area contributed by atoms with Crippen LogP contribution in [0.1, 0.15) is 22.3 Å². The van der Waals surface area contributed by atoms with E-state index in [1.165, 1.54) is 22.3 Å². The molecule has 0 aliphatic rings. The number of hydrogen-bond donors (Lipinski definition) is 0. The Morgan fingerprint density at radius 2 is 1.47 bits per heavy atom. The number of rotatable bonds is 5. The summed E-state index contributed by atoms with van der Waals surface area (Å²) in [5, 5.41) is 0. The lowest BCUT2D eigenvalue weighted by Gasteiger charge is -2.17. The van der Waals surface area contributed by atoms with Gasteiger partial charge in [-0.3, -0.25) is 0 Å². The smallest absolute Gasteiger partial charge is 0.0258 e. The van der Waals surface area contributed by atoms with Gasteiger partial charge in [-0.1, -0.05) is 48.5 Å². The van der Waals surface area contributed by atoms with E-state index in [9.17, 15) is 0 Å². The van der Waals surface area contributed by atoms with Crippen LogP contribution in [-0.2, 0) is 12.8 Å². The molecule has 0 amide bonds. The van der Waals surface area contributed by atoms with E-state index in [-0.39, 0.29) is 0 Å². The predicted octanol–water partition coefficient (Wildman–Crippen LogP) is 4.94. The van der Waals surface area contributed by atoms with E-state index in [4.69, 9.17) is 11.6 Å². The summed E-state index contributed by atoms with van der Waals surface area (Å²) in [7, 11) is 0. The van der Waals surface area contributed by atoms with Gasteiger partial charge < -0.3 is 0 Å². The fraction of sp³-hybridized carbons (Fsp3) is 0.333. The van der Waals surface area contributed by atoms with Crippen LogP contribution in [0.3, 0.4) is 0 Å².